The highest BCUT2D eigenvalue weighted by molar-refractivity contribution is 5.96. The summed E-state index contributed by atoms with van der Waals surface area (Å²) in [6.07, 6.45) is 0.952. The Labute approximate surface area is 121 Å². The number of methoxy groups -OCH3 is 2. The third kappa shape index (κ3) is 3.39. The molecule has 0 atom stereocenters. The number of hydrogen-bond donors (Lipinski definition) is 0. The minimum Gasteiger partial charge on any atom is -0.466 e. The molecule has 0 aliphatic rings. The molecule has 0 bridgehead atoms. The first kappa shape index (κ1) is 14.6. The number of carbonyl (C=O) groups excluding carboxylic acids is 2. The van der Waals surface area contributed by atoms with E-state index in [0.29, 0.717) is 5.75 Å². The second-order valence-electron chi connectivity index (χ2n) is 4.10. The van der Waals surface area contributed by atoms with Gasteiger partial charge in [-0.2, -0.15) is 0 Å². The molecular weight excluding hydrogens is 272 g/mol. The van der Waals surface area contributed by atoms with Crippen LogP contribution in [0.2, 0.25) is 0 Å². The highest BCUT2D eigenvalue weighted by atomic mass is 16.6. The normalized spacial score (nSPS) is 11.0. The van der Waals surface area contributed by atoms with E-state index in [9.17, 15) is 9.59 Å². The zero-order valence-electron chi connectivity index (χ0n) is 11.7. The van der Waals surface area contributed by atoms with Gasteiger partial charge in [-0.15, -0.1) is 0 Å². The van der Waals surface area contributed by atoms with Crippen LogP contribution in [0.15, 0.2) is 54.3 Å². The number of ether oxygens (including phenoxy) is 3. The lowest BCUT2D eigenvalue weighted by molar-refractivity contribution is -0.140. The Balaban J connectivity index is 2.41. The summed E-state index contributed by atoms with van der Waals surface area (Å²) < 4.78 is 14.6. The predicted octanol–water partition coefficient (Wildman–Crippen LogP) is 2.45. The van der Waals surface area contributed by atoms with Gasteiger partial charge >= 0.3 is 11.9 Å². The number of carbonyl (C=O) groups is 2. The molecule has 2 rings (SSSR count). The summed E-state index contributed by atoms with van der Waals surface area (Å²) in [6, 6.07) is 13.0. The van der Waals surface area contributed by atoms with E-state index in [4.69, 9.17) is 4.74 Å². The van der Waals surface area contributed by atoms with E-state index in [1.165, 1.54) is 14.2 Å². The first-order chi connectivity index (χ1) is 10.2. The zero-order chi connectivity index (χ0) is 15.2. The third-order valence-electron chi connectivity index (χ3n) is 2.81. The quantitative estimate of drug-likeness (QED) is 0.491. The average Bonchev–Trinajstić information content (AvgIpc) is 2.53. The lowest BCUT2D eigenvalue weighted by atomic mass is 10.1. The molecule has 21 heavy (non-hydrogen) atoms. The van der Waals surface area contributed by atoms with Crippen molar-refractivity contribution >= 4 is 22.7 Å². The molecule has 2 aromatic rings. The van der Waals surface area contributed by atoms with Crippen molar-refractivity contribution in [3.05, 3.63) is 54.3 Å². The third-order valence-corrected chi connectivity index (χ3v) is 2.81. The van der Waals surface area contributed by atoms with E-state index >= 15 is 0 Å². The molecule has 108 valence electrons. The second-order valence-corrected chi connectivity index (χ2v) is 4.10. The van der Waals surface area contributed by atoms with Crippen molar-refractivity contribution in [1.82, 2.24) is 0 Å². The van der Waals surface area contributed by atoms with Gasteiger partial charge in [0, 0.05) is 5.39 Å². The Morgan fingerprint density at radius 2 is 1.67 bits per heavy atom. The van der Waals surface area contributed by atoms with Crippen LogP contribution in [0.25, 0.3) is 10.8 Å². The van der Waals surface area contributed by atoms with Crippen molar-refractivity contribution in [1.29, 1.82) is 0 Å². The van der Waals surface area contributed by atoms with Crippen LogP contribution in [-0.4, -0.2) is 26.2 Å². The van der Waals surface area contributed by atoms with Gasteiger partial charge in [-0.1, -0.05) is 36.4 Å². The molecule has 5 nitrogen and oxygen atoms in total. The van der Waals surface area contributed by atoms with Crippen LogP contribution in [0.1, 0.15) is 0 Å². The highest BCUT2D eigenvalue weighted by Gasteiger charge is 2.16. The Bertz CT molecular complexity index is 697. The molecule has 0 fully saturated rings. The maximum absolute atomic E-state index is 11.7. The number of benzene rings is 2. The van der Waals surface area contributed by atoms with Gasteiger partial charge in [0.15, 0.2) is 0 Å². The van der Waals surface area contributed by atoms with E-state index in [1.807, 2.05) is 30.3 Å². The van der Waals surface area contributed by atoms with Gasteiger partial charge in [0.05, 0.1) is 20.3 Å². The summed E-state index contributed by atoms with van der Waals surface area (Å²) >= 11 is 0. The van der Waals surface area contributed by atoms with Crippen molar-refractivity contribution in [3.63, 3.8) is 0 Å². The Hall–Kier alpha value is -2.82. The van der Waals surface area contributed by atoms with Crippen molar-refractivity contribution in [2.75, 3.05) is 14.2 Å². The van der Waals surface area contributed by atoms with Crippen molar-refractivity contribution in [2.24, 2.45) is 0 Å². The SMILES string of the molecule is COC(=O)/C=C(\Oc1cccc2ccccc12)C(=O)OC. The molecule has 0 saturated carbocycles. The van der Waals surface area contributed by atoms with Crippen molar-refractivity contribution < 1.29 is 23.8 Å². The average molecular weight is 286 g/mol. The molecule has 0 heterocycles. The van der Waals surface area contributed by atoms with Gasteiger partial charge in [0.2, 0.25) is 5.76 Å². The van der Waals surface area contributed by atoms with E-state index < -0.39 is 11.9 Å². The van der Waals surface area contributed by atoms with Crippen LogP contribution in [0.3, 0.4) is 0 Å². The zero-order valence-corrected chi connectivity index (χ0v) is 11.7. The van der Waals surface area contributed by atoms with Gasteiger partial charge in [-0.05, 0) is 11.5 Å². The lowest BCUT2D eigenvalue weighted by Gasteiger charge is -2.10. The number of fused-ring (bicyclic) bond motifs is 1. The molecule has 0 saturated heterocycles. The molecule has 0 aliphatic heterocycles. The fourth-order valence-electron chi connectivity index (χ4n) is 1.80. The fourth-order valence-corrected chi connectivity index (χ4v) is 1.80. The number of hydrogen-bond acceptors (Lipinski definition) is 5. The first-order valence-electron chi connectivity index (χ1n) is 6.19. The summed E-state index contributed by atoms with van der Waals surface area (Å²) in [6.45, 7) is 0. The van der Waals surface area contributed by atoms with E-state index in [0.717, 1.165) is 16.8 Å². The Kier molecular flexibility index (Phi) is 4.56. The van der Waals surface area contributed by atoms with Gasteiger partial charge in [-0.3, -0.25) is 0 Å². The Morgan fingerprint density at radius 3 is 2.38 bits per heavy atom. The topological polar surface area (TPSA) is 61.8 Å². The van der Waals surface area contributed by atoms with Crippen LogP contribution in [0, 0.1) is 0 Å². The monoisotopic (exact) mass is 286 g/mol. The summed E-state index contributed by atoms with van der Waals surface area (Å²) in [7, 11) is 2.42. The molecule has 0 N–H and O–H groups in total. The van der Waals surface area contributed by atoms with Crippen molar-refractivity contribution in [3.8, 4) is 5.75 Å². The van der Waals surface area contributed by atoms with Gasteiger partial charge in [-0.25, -0.2) is 9.59 Å². The van der Waals surface area contributed by atoms with Crippen LogP contribution >= 0.6 is 0 Å². The lowest BCUT2D eigenvalue weighted by Crippen LogP contribution is -2.13. The summed E-state index contributed by atoms with van der Waals surface area (Å²) in [5, 5.41) is 1.77. The highest BCUT2D eigenvalue weighted by Crippen LogP contribution is 2.26. The number of rotatable bonds is 4. The molecule has 0 aliphatic carbocycles. The summed E-state index contributed by atoms with van der Waals surface area (Å²) in [5.41, 5.74) is 0. The molecule has 2 aromatic carbocycles. The maximum Gasteiger partial charge on any atom is 0.374 e. The van der Waals surface area contributed by atoms with E-state index in [1.54, 1.807) is 12.1 Å². The standard InChI is InChI=1S/C16H14O5/c1-19-15(17)10-14(16(18)20-2)21-13-9-5-7-11-6-3-4-8-12(11)13/h3-10H,1-2H3/b14-10-. The molecule has 0 aromatic heterocycles. The smallest absolute Gasteiger partial charge is 0.374 e. The summed E-state index contributed by atoms with van der Waals surface area (Å²) in [5.74, 6) is -1.24. The maximum atomic E-state index is 11.7. The molecule has 0 spiro atoms. The molecular formula is C16H14O5. The van der Waals surface area contributed by atoms with Crippen LogP contribution in [-0.2, 0) is 19.1 Å². The molecule has 0 unspecified atom stereocenters. The predicted molar refractivity (Wildman–Crippen MR) is 76.7 cm³/mol. The fraction of sp³-hybridized carbons (Fsp3) is 0.125. The molecule has 5 heteroatoms. The first-order valence-corrected chi connectivity index (χ1v) is 6.19. The largest absolute Gasteiger partial charge is 0.466 e. The minimum absolute atomic E-state index is 0.235. The van der Waals surface area contributed by atoms with Gasteiger partial charge in [0.25, 0.3) is 0 Å². The second kappa shape index (κ2) is 6.56. The molecule has 0 amide bonds. The van der Waals surface area contributed by atoms with Crippen LogP contribution in [0.5, 0.6) is 5.75 Å². The minimum atomic E-state index is -0.756. The number of esters is 2. The van der Waals surface area contributed by atoms with Crippen LogP contribution < -0.4 is 4.74 Å². The molecule has 0 radical (unpaired) electrons. The van der Waals surface area contributed by atoms with Crippen molar-refractivity contribution in [2.45, 2.75) is 0 Å². The van der Waals surface area contributed by atoms with E-state index in [2.05, 4.69) is 9.47 Å². The van der Waals surface area contributed by atoms with Crippen LogP contribution in [0.4, 0.5) is 0 Å². The summed E-state index contributed by atoms with van der Waals surface area (Å²) in [4.78, 5) is 23.0. The van der Waals surface area contributed by atoms with Gasteiger partial charge in [0.1, 0.15) is 5.75 Å². The van der Waals surface area contributed by atoms with E-state index in [-0.39, 0.29) is 5.76 Å². The van der Waals surface area contributed by atoms with Gasteiger partial charge < -0.3 is 14.2 Å². The Morgan fingerprint density at radius 1 is 0.952 bits per heavy atom.